The fourth-order valence-corrected chi connectivity index (χ4v) is 2.47. The van der Waals surface area contributed by atoms with Crippen LogP contribution in [-0.4, -0.2) is 30.8 Å². The van der Waals surface area contributed by atoms with Crippen molar-refractivity contribution >= 4 is 11.6 Å². The zero-order chi connectivity index (χ0) is 19.3. The Morgan fingerprint density at radius 1 is 1.04 bits per heavy atom. The molecular weight excluding hydrogens is 358 g/mol. The molecule has 0 saturated carbocycles. The standard InChI is InChI=1S/C20H15N5O3/c26-18(14-6-4-9-16(12-14)28-15-7-2-1-3-8-15)23-17-13-21-20(24-19(17)27)25-11-5-10-22-25/h1-13H,(H,23,26)(H,21,24,27). The lowest BCUT2D eigenvalue weighted by Gasteiger charge is -2.09. The summed E-state index contributed by atoms with van der Waals surface area (Å²) in [5.74, 6) is 0.599. The van der Waals surface area contributed by atoms with Gasteiger partial charge in [-0.3, -0.25) is 4.79 Å². The zero-order valence-electron chi connectivity index (χ0n) is 14.6. The third kappa shape index (κ3) is 3.80. The number of carbonyl (C=O) groups excluding carboxylic acids is 1. The molecule has 0 aliphatic heterocycles. The number of amides is 1. The summed E-state index contributed by atoms with van der Waals surface area (Å²) in [5.41, 5.74) is 0.458. The first kappa shape index (κ1) is 17.2. The lowest BCUT2D eigenvalue weighted by Crippen LogP contribution is -2.13. The number of nitrogens with one attached hydrogen (secondary N) is 1. The minimum absolute atomic E-state index is 0.0929. The molecule has 28 heavy (non-hydrogen) atoms. The number of aromatic nitrogens is 4. The van der Waals surface area contributed by atoms with Crippen molar-refractivity contribution < 1.29 is 14.6 Å². The van der Waals surface area contributed by atoms with Gasteiger partial charge in [0.05, 0.1) is 6.20 Å². The van der Waals surface area contributed by atoms with Gasteiger partial charge in [0, 0.05) is 18.0 Å². The summed E-state index contributed by atoms with van der Waals surface area (Å²) in [6.07, 6.45) is 4.54. The van der Waals surface area contributed by atoms with Gasteiger partial charge in [0.2, 0.25) is 5.88 Å². The van der Waals surface area contributed by atoms with Crippen molar-refractivity contribution in [3.05, 3.63) is 84.8 Å². The molecule has 1 amide bonds. The topological polar surface area (TPSA) is 102 Å². The number of hydrogen-bond donors (Lipinski definition) is 2. The molecular formula is C20H15N5O3. The summed E-state index contributed by atoms with van der Waals surface area (Å²) < 4.78 is 7.13. The van der Waals surface area contributed by atoms with Gasteiger partial charge in [0.15, 0.2) is 0 Å². The van der Waals surface area contributed by atoms with Crippen LogP contribution >= 0.6 is 0 Å². The molecule has 2 N–H and O–H groups in total. The van der Waals surface area contributed by atoms with Crippen molar-refractivity contribution in [3.8, 4) is 23.3 Å². The van der Waals surface area contributed by atoms with Crippen molar-refractivity contribution in [3.63, 3.8) is 0 Å². The highest BCUT2D eigenvalue weighted by atomic mass is 16.5. The summed E-state index contributed by atoms with van der Waals surface area (Å²) in [6, 6.07) is 17.7. The summed E-state index contributed by atoms with van der Waals surface area (Å²) in [7, 11) is 0. The maximum atomic E-state index is 12.5. The molecule has 8 nitrogen and oxygen atoms in total. The minimum Gasteiger partial charge on any atom is -0.492 e. The second kappa shape index (κ2) is 7.58. The van der Waals surface area contributed by atoms with Crippen LogP contribution in [0.4, 0.5) is 5.69 Å². The van der Waals surface area contributed by atoms with E-state index < -0.39 is 5.91 Å². The quantitative estimate of drug-likeness (QED) is 0.556. The SMILES string of the molecule is O=C(Nc1cnc(-n2cccn2)nc1O)c1cccc(Oc2ccccc2)c1. The van der Waals surface area contributed by atoms with Gasteiger partial charge >= 0.3 is 0 Å². The van der Waals surface area contributed by atoms with E-state index in [9.17, 15) is 9.90 Å². The second-order valence-electron chi connectivity index (χ2n) is 5.75. The molecule has 2 aromatic carbocycles. The first-order valence-electron chi connectivity index (χ1n) is 8.39. The molecule has 0 saturated heterocycles. The number of benzene rings is 2. The van der Waals surface area contributed by atoms with E-state index in [0.29, 0.717) is 17.1 Å². The van der Waals surface area contributed by atoms with Crippen LogP contribution < -0.4 is 10.1 Å². The Morgan fingerprint density at radius 3 is 2.61 bits per heavy atom. The molecule has 0 bridgehead atoms. The zero-order valence-corrected chi connectivity index (χ0v) is 14.6. The van der Waals surface area contributed by atoms with E-state index in [2.05, 4.69) is 20.4 Å². The summed E-state index contributed by atoms with van der Waals surface area (Å²) >= 11 is 0. The van der Waals surface area contributed by atoms with Crippen LogP contribution in [0.1, 0.15) is 10.4 Å². The normalized spacial score (nSPS) is 10.4. The number of anilines is 1. The molecule has 2 heterocycles. The molecule has 8 heteroatoms. The highest BCUT2D eigenvalue weighted by Crippen LogP contribution is 2.24. The number of carbonyl (C=O) groups is 1. The van der Waals surface area contributed by atoms with Crippen LogP contribution in [0, 0.1) is 0 Å². The number of para-hydroxylation sites is 1. The molecule has 0 unspecified atom stereocenters. The molecule has 0 spiro atoms. The van der Waals surface area contributed by atoms with Crippen LogP contribution in [0.5, 0.6) is 17.4 Å². The molecule has 0 fully saturated rings. The first-order chi connectivity index (χ1) is 13.7. The van der Waals surface area contributed by atoms with Gasteiger partial charge in [-0.25, -0.2) is 9.67 Å². The van der Waals surface area contributed by atoms with E-state index in [-0.39, 0.29) is 17.5 Å². The van der Waals surface area contributed by atoms with Crippen LogP contribution in [0.3, 0.4) is 0 Å². The van der Waals surface area contributed by atoms with E-state index >= 15 is 0 Å². The van der Waals surface area contributed by atoms with Gasteiger partial charge < -0.3 is 15.2 Å². The fourth-order valence-electron chi connectivity index (χ4n) is 2.47. The van der Waals surface area contributed by atoms with E-state index in [0.717, 1.165) is 0 Å². The number of rotatable bonds is 5. The fraction of sp³-hybridized carbons (Fsp3) is 0. The Balaban J connectivity index is 1.50. The average Bonchev–Trinajstić information content (AvgIpc) is 3.25. The molecule has 0 aliphatic rings. The molecule has 0 radical (unpaired) electrons. The maximum absolute atomic E-state index is 12.5. The van der Waals surface area contributed by atoms with Gasteiger partial charge in [0.25, 0.3) is 11.9 Å². The smallest absolute Gasteiger partial charge is 0.255 e. The summed E-state index contributed by atoms with van der Waals surface area (Å²) in [6.45, 7) is 0. The summed E-state index contributed by atoms with van der Waals surface area (Å²) in [4.78, 5) is 20.6. The highest BCUT2D eigenvalue weighted by molar-refractivity contribution is 6.05. The van der Waals surface area contributed by atoms with E-state index in [4.69, 9.17) is 4.74 Å². The largest absolute Gasteiger partial charge is 0.492 e. The van der Waals surface area contributed by atoms with E-state index in [1.807, 2.05) is 30.3 Å². The van der Waals surface area contributed by atoms with Crippen molar-refractivity contribution in [2.24, 2.45) is 0 Å². The third-order valence-electron chi connectivity index (χ3n) is 3.79. The van der Waals surface area contributed by atoms with Crippen LogP contribution in [0.2, 0.25) is 0 Å². The average molecular weight is 373 g/mol. The first-order valence-corrected chi connectivity index (χ1v) is 8.39. The maximum Gasteiger partial charge on any atom is 0.255 e. The Labute approximate surface area is 160 Å². The van der Waals surface area contributed by atoms with Crippen molar-refractivity contribution in [1.82, 2.24) is 19.7 Å². The predicted octanol–water partition coefficient (Wildman–Crippen LogP) is 3.41. The molecule has 0 atom stereocenters. The lowest BCUT2D eigenvalue weighted by atomic mass is 10.2. The second-order valence-corrected chi connectivity index (χ2v) is 5.75. The van der Waals surface area contributed by atoms with Crippen LogP contribution in [0.25, 0.3) is 5.95 Å². The Kier molecular flexibility index (Phi) is 4.67. The molecule has 4 rings (SSSR count). The van der Waals surface area contributed by atoms with Crippen molar-refractivity contribution in [2.45, 2.75) is 0 Å². The molecule has 138 valence electrons. The minimum atomic E-state index is -0.427. The number of aromatic hydroxyl groups is 1. The lowest BCUT2D eigenvalue weighted by molar-refractivity contribution is 0.102. The van der Waals surface area contributed by atoms with Crippen LogP contribution in [-0.2, 0) is 0 Å². The molecule has 4 aromatic rings. The van der Waals surface area contributed by atoms with Crippen molar-refractivity contribution in [1.29, 1.82) is 0 Å². The van der Waals surface area contributed by atoms with Crippen molar-refractivity contribution in [2.75, 3.05) is 5.32 Å². The van der Waals surface area contributed by atoms with Gasteiger partial charge in [-0.05, 0) is 36.4 Å². The van der Waals surface area contributed by atoms with Gasteiger partial charge in [-0.1, -0.05) is 24.3 Å². The molecule has 2 aromatic heterocycles. The number of nitrogens with zero attached hydrogens (tertiary/aromatic N) is 4. The monoisotopic (exact) mass is 373 g/mol. The third-order valence-corrected chi connectivity index (χ3v) is 3.79. The van der Waals surface area contributed by atoms with E-state index in [1.165, 1.54) is 10.9 Å². The van der Waals surface area contributed by atoms with Gasteiger partial charge in [0.1, 0.15) is 17.2 Å². The van der Waals surface area contributed by atoms with Crippen LogP contribution in [0.15, 0.2) is 79.3 Å². The number of ether oxygens (including phenoxy) is 1. The Hall–Kier alpha value is -4.20. The van der Waals surface area contributed by atoms with Gasteiger partial charge in [-0.15, -0.1) is 0 Å². The Morgan fingerprint density at radius 2 is 1.86 bits per heavy atom. The number of hydrogen-bond acceptors (Lipinski definition) is 6. The Bertz CT molecular complexity index is 1100. The molecule has 0 aliphatic carbocycles. The predicted molar refractivity (Wildman–Crippen MR) is 102 cm³/mol. The highest BCUT2D eigenvalue weighted by Gasteiger charge is 2.13. The van der Waals surface area contributed by atoms with E-state index in [1.54, 1.807) is 42.7 Å². The van der Waals surface area contributed by atoms with Gasteiger partial charge in [-0.2, -0.15) is 10.1 Å². The summed E-state index contributed by atoms with van der Waals surface area (Å²) in [5, 5.41) is 16.7.